The van der Waals surface area contributed by atoms with Crippen molar-refractivity contribution in [1.29, 1.82) is 0 Å². The van der Waals surface area contributed by atoms with Crippen molar-refractivity contribution in [1.82, 2.24) is 5.32 Å². The molecule has 1 aromatic carbocycles. The minimum atomic E-state index is -5.32. The Morgan fingerprint density at radius 3 is 2.30 bits per heavy atom. The van der Waals surface area contributed by atoms with E-state index in [4.69, 9.17) is 0 Å². The molecular formula is C17H16F4N3O3+. The molecule has 0 aliphatic carbocycles. The molecular weight excluding hydrogens is 370 g/mol. The molecule has 2 rings (SSSR count). The number of H-pyrrole nitrogens is 1. The van der Waals surface area contributed by atoms with Crippen LogP contribution < -0.4 is 15.6 Å². The average Bonchev–Trinajstić information content (AvgIpc) is 2.61. The second-order valence-electron chi connectivity index (χ2n) is 5.58. The van der Waals surface area contributed by atoms with Gasteiger partial charge in [0, 0.05) is 6.07 Å². The summed E-state index contributed by atoms with van der Waals surface area (Å²) in [6.07, 6.45) is -3.93. The van der Waals surface area contributed by atoms with E-state index in [2.05, 4.69) is 9.72 Å². The number of hydrogen-bond donors (Lipinski definition) is 2. The third-order valence-electron chi connectivity index (χ3n) is 3.63. The van der Waals surface area contributed by atoms with Crippen LogP contribution in [0.15, 0.2) is 42.6 Å². The van der Waals surface area contributed by atoms with Gasteiger partial charge in [0.15, 0.2) is 0 Å². The standard InChI is InChI=1S/C17H15F4N3O3/c1-10-7-8-13(22-9-10)23-16(15(26)27-2,17(19,20)21)24-14(25)11-5-3-4-6-12(11)18/h3-9H,1-2H3,(H,22,23)(H,24,25)/p+1/t16-/m1/s1. The van der Waals surface area contributed by atoms with Crippen molar-refractivity contribution in [2.24, 2.45) is 0 Å². The van der Waals surface area contributed by atoms with Gasteiger partial charge in [0.1, 0.15) is 5.82 Å². The Bertz CT molecular complexity index is 840. The van der Waals surface area contributed by atoms with Gasteiger partial charge in [-0.05, 0) is 30.7 Å². The summed E-state index contributed by atoms with van der Waals surface area (Å²) in [6.45, 7) is 1.69. The Morgan fingerprint density at radius 2 is 1.78 bits per heavy atom. The number of amides is 1. The Kier molecular flexibility index (Phi) is 5.67. The number of rotatable bonds is 5. The van der Waals surface area contributed by atoms with Crippen molar-refractivity contribution >= 4 is 17.7 Å². The maximum atomic E-state index is 13.9. The highest BCUT2D eigenvalue weighted by Crippen LogP contribution is 2.32. The number of aromatic amines is 1. The molecule has 144 valence electrons. The van der Waals surface area contributed by atoms with Crippen molar-refractivity contribution in [3.8, 4) is 0 Å². The van der Waals surface area contributed by atoms with Crippen molar-refractivity contribution in [3.05, 3.63) is 59.5 Å². The zero-order valence-electron chi connectivity index (χ0n) is 14.3. The van der Waals surface area contributed by atoms with Gasteiger partial charge in [0.05, 0.1) is 18.9 Å². The highest BCUT2D eigenvalue weighted by atomic mass is 19.4. The summed E-state index contributed by atoms with van der Waals surface area (Å²) in [7, 11) is 0.735. The molecule has 0 aliphatic rings. The van der Waals surface area contributed by atoms with Gasteiger partial charge < -0.3 is 4.74 Å². The summed E-state index contributed by atoms with van der Waals surface area (Å²) < 4.78 is 59.6. The van der Waals surface area contributed by atoms with Crippen LogP contribution in [0.1, 0.15) is 15.9 Å². The first-order chi connectivity index (χ1) is 12.6. The monoisotopic (exact) mass is 386 g/mol. The van der Waals surface area contributed by atoms with Gasteiger partial charge in [0.25, 0.3) is 11.7 Å². The minimum Gasteiger partial charge on any atom is -0.464 e. The number of hydrogen-bond acceptors (Lipinski definition) is 4. The molecule has 1 aromatic heterocycles. The highest BCUT2D eigenvalue weighted by Gasteiger charge is 2.67. The lowest BCUT2D eigenvalue weighted by Crippen LogP contribution is -2.69. The van der Waals surface area contributed by atoms with E-state index in [0.717, 1.165) is 19.2 Å². The van der Waals surface area contributed by atoms with Crippen LogP contribution in [0.3, 0.4) is 0 Å². The van der Waals surface area contributed by atoms with E-state index in [9.17, 15) is 27.2 Å². The number of aryl methyl sites for hydroxylation is 1. The summed E-state index contributed by atoms with van der Waals surface area (Å²) in [6, 6.07) is 7.16. The van der Waals surface area contributed by atoms with E-state index in [1.54, 1.807) is 6.92 Å². The molecule has 0 radical (unpaired) electrons. The summed E-state index contributed by atoms with van der Waals surface area (Å²) in [5, 5.41) is 3.45. The van der Waals surface area contributed by atoms with E-state index in [-0.39, 0.29) is 5.82 Å². The topological polar surface area (TPSA) is 81.6 Å². The fourth-order valence-corrected chi connectivity index (χ4v) is 2.21. The first-order valence-electron chi connectivity index (χ1n) is 7.59. The van der Waals surface area contributed by atoms with Crippen LogP contribution in [-0.2, 0) is 9.53 Å². The van der Waals surface area contributed by atoms with Gasteiger partial charge in [-0.25, -0.2) is 19.5 Å². The fourth-order valence-electron chi connectivity index (χ4n) is 2.21. The lowest BCUT2D eigenvalue weighted by molar-refractivity contribution is -0.363. The molecule has 0 saturated carbocycles. The van der Waals surface area contributed by atoms with Crippen LogP contribution in [-0.4, -0.2) is 30.8 Å². The summed E-state index contributed by atoms with van der Waals surface area (Å²) in [5.74, 6) is -4.54. The largest absolute Gasteiger partial charge is 0.464 e. The molecule has 1 amide bonds. The maximum absolute atomic E-state index is 13.9. The zero-order valence-corrected chi connectivity index (χ0v) is 14.3. The second-order valence-corrected chi connectivity index (χ2v) is 5.58. The van der Waals surface area contributed by atoms with E-state index in [1.165, 1.54) is 35.8 Å². The fraction of sp³-hybridized carbons (Fsp3) is 0.235. The number of alkyl halides is 3. The Labute approximate surface area is 151 Å². The van der Waals surface area contributed by atoms with Gasteiger partial charge in [0.2, 0.25) is 0 Å². The number of ether oxygens (including phenoxy) is 1. The van der Waals surface area contributed by atoms with Crippen molar-refractivity contribution in [2.75, 3.05) is 12.4 Å². The molecule has 27 heavy (non-hydrogen) atoms. The number of methoxy groups -OCH3 is 1. The van der Waals surface area contributed by atoms with Crippen LogP contribution in [0.2, 0.25) is 0 Å². The Morgan fingerprint density at radius 1 is 1.11 bits per heavy atom. The number of benzene rings is 1. The van der Waals surface area contributed by atoms with Gasteiger partial charge in [-0.15, -0.1) is 0 Å². The predicted octanol–water partition coefficient (Wildman–Crippen LogP) is 2.22. The average molecular weight is 386 g/mol. The summed E-state index contributed by atoms with van der Waals surface area (Å²) in [5.41, 5.74) is -3.59. The molecule has 1 atom stereocenters. The molecule has 0 fully saturated rings. The lowest BCUT2D eigenvalue weighted by Gasteiger charge is -2.30. The van der Waals surface area contributed by atoms with E-state index in [0.29, 0.717) is 5.56 Å². The zero-order chi connectivity index (χ0) is 20.2. The number of esters is 1. The normalized spacial score (nSPS) is 13.4. The predicted molar refractivity (Wildman–Crippen MR) is 86.0 cm³/mol. The van der Waals surface area contributed by atoms with Crippen molar-refractivity contribution < 1.29 is 36.9 Å². The molecule has 1 heterocycles. The van der Waals surface area contributed by atoms with Gasteiger partial charge in [-0.3, -0.25) is 10.1 Å². The summed E-state index contributed by atoms with van der Waals surface area (Å²) >= 11 is 0. The number of carbonyl (C=O) groups excluding carboxylic acids is 2. The number of nitrogens with one attached hydrogen (secondary N) is 3. The van der Waals surface area contributed by atoms with Crippen molar-refractivity contribution in [2.45, 2.75) is 18.8 Å². The third kappa shape index (κ3) is 4.15. The SMILES string of the molecule is COC(=O)[C@](NC(=O)c1ccccc1F)(Nc1ccc(C)c[nH+]1)C(F)(F)F. The van der Waals surface area contributed by atoms with Crippen molar-refractivity contribution in [3.63, 3.8) is 0 Å². The third-order valence-corrected chi connectivity index (χ3v) is 3.63. The Balaban J connectivity index is 2.50. The highest BCUT2D eigenvalue weighted by molar-refractivity contribution is 5.99. The number of anilines is 1. The van der Waals surface area contributed by atoms with Gasteiger partial charge >= 0.3 is 17.8 Å². The quantitative estimate of drug-likeness (QED) is 0.469. The first-order valence-corrected chi connectivity index (χ1v) is 7.59. The molecule has 2 aromatic rings. The molecule has 0 bridgehead atoms. The summed E-state index contributed by atoms with van der Waals surface area (Å²) in [4.78, 5) is 26.9. The van der Waals surface area contributed by atoms with Crippen LogP contribution in [0.5, 0.6) is 0 Å². The van der Waals surface area contributed by atoms with E-state index < -0.39 is 35.1 Å². The van der Waals surface area contributed by atoms with Crippen LogP contribution in [0.4, 0.5) is 23.4 Å². The molecule has 0 saturated heterocycles. The lowest BCUT2D eigenvalue weighted by atomic mass is 10.1. The molecule has 3 N–H and O–H groups in total. The number of halogens is 4. The molecule has 0 spiro atoms. The first kappa shape index (κ1) is 20.1. The van der Waals surface area contributed by atoms with Gasteiger partial charge in [-0.1, -0.05) is 12.1 Å². The Hall–Kier alpha value is -3.17. The molecule has 0 aliphatic heterocycles. The molecule has 10 heteroatoms. The van der Waals surface area contributed by atoms with Crippen LogP contribution in [0.25, 0.3) is 0 Å². The number of carbonyl (C=O) groups is 2. The molecule has 6 nitrogen and oxygen atoms in total. The van der Waals surface area contributed by atoms with Gasteiger partial charge in [-0.2, -0.15) is 13.2 Å². The minimum absolute atomic E-state index is 0.225. The van der Waals surface area contributed by atoms with Crippen LogP contribution in [0, 0.1) is 12.7 Å². The van der Waals surface area contributed by atoms with E-state index >= 15 is 0 Å². The number of pyridine rings is 1. The molecule has 0 unspecified atom stereocenters. The van der Waals surface area contributed by atoms with Crippen LogP contribution >= 0.6 is 0 Å². The number of aromatic nitrogens is 1. The second kappa shape index (κ2) is 7.60. The maximum Gasteiger partial charge on any atom is 0.464 e. The smallest absolute Gasteiger partial charge is 0.464 e. The van der Waals surface area contributed by atoms with E-state index in [1.807, 2.05) is 5.32 Å².